The minimum absolute atomic E-state index is 0. The number of likely N-dealkylation sites (N-methyl/N-ethyl adjacent to an activating group) is 1. The molecule has 0 saturated heterocycles. The predicted octanol–water partition coefficient (Wildman–Crippen LogP) is 3.45. The van der Waals surface area contributed by atoms with E-state index in [9.17, 15) is 0 Å². The number of ether oxygens (including phenoxy) is 1. The van der Waals surface area contributed by atoms with Gasteiger partial charge >= 0.3 is 0 Å². The van der Waals surface area contributed by atoms with E-state index in [1.54, 1.807) is 7.05 Å². The van der Waals surface area contributed by atoms with Crippen LogP contribution in [0.4, 0.5) is 0 Å². The molecule has 6 heteroatoms. The molecule has 0 amide bonds. The number of guanidine groups is 1. The van der Waals surface area contributed by atoms with Gasteiger partial charge in [-0.1, -0.05) is 42.5 Å². The quantitative estimate of drug-likeness (QED) is 0.356. The Kier molecular flexibility index (Phi) is 10.8. The van der Waals surface area contributed by atoms with Gasteiger partial charge in [-0.25, -0.2) is 0 Å². The minimum Gasteiger partial charge on any atom is -0.492 e. The second-order valence-electron chi connectivity index (χ2n) is 6.54. The van der Waals surface area contributed by atoms with Crippen LogP contribution in [0.2, 0.25) is 0 Å². The zero-order valence-electron chi connectivity index (χ0n) is 16.7. The monoisotopic (exact) mass is 482 g/mol. The normalized spacial score (nSPS) is 11.1. The van der Waals surface area contributed by atoms with Crippen molar-refractivity contribution in [3.63, 3.8) is 0 Å². The zero-order valence-corrected chi connectivity index (χ0v) is 19.0. The van der Waals surface area contributed by atoms with Crippen molar-refractivity contribution in [1.29, 1.82) is 0 Å². The van der Waals surface area contributed by atoms with Crippen molar-refractivity contribution in [3.8, 4) is 5.75 Å². The molecule has 0 aliphatic heterocycles. The first-order valence-electron chi connectivity index (χ1n) is 8.90. The molecule has 0 radical (unpaired) electrons. The van der Waals surface area contributed by atoms with Gasteiger partial charge in [-0.2, -0.15) is 0 Å². The lowest BCUT2D eigenvalue weighted by molar-refractivity contribution is 0.281. The molecule has 1 N–H and O–H groups in total. The zero-order chi connectivity index (χ0) is 18.8. The Bertz CT molecular complexity index is 692. The van der Waals surface area contributed by atoms with Gasteiger partial charge in [0.25, 0.3) is 0 Å². The van der Waals surface area contributed by atoms with E-state index in [4.69, 9.17) is 4.74 Å². The van der Waals surface area contributed by atoms with Crippen molar-refractivity contribution >= 4 is 29.9 Å². The average molecular weight is 482 g/mol. The molecule has 0 spiro atoms. The van der Waals surface area contributed by atoms with Gasteiger partial charge in [-0.15, -0.1) is 24.0 Å². The van der Waals surface area contributed by atoms with Crippen LogP contribution in [-0.4, -0.2) is 57.1 Å². The summed E-state index contributed by atoms with van der Waals surface area (Å²) in [4.78, 5) is 8.62. The molecule has 0 aromatic heterocycles. The lowest BCUT2D eigenvalue weighted by Crippen LogP contribution is -2.40. The maximum atomic E-state index is 5.76. The van der Waals surface area contributed by atoms with Crippen molar-refractivity contribution in [2.24, 2.45) is 4.99 Å². The van der Waals surface area contributed by atoms with Gasteiger partial charge in [-0.3, -0.25) is 4.99 Å². The summed E-state index contributed by atoms with van der Waals surface area (Å²) in [6.45, 7) is 3.06. The van der Waals surface area contributed by atoms with Crippen molar-refractivity contribution in [1.82, 2.24) is 15.1 Å². The van der Waals surface area contributed by atoms with Gasteiger partial charge in [0.2, 0.25) is 0 Å². The summed E-state index contributed by atoms with van der Waals surface area (Å²) in [5.74, 6) is 1.75. The number of nitrogens with zero attached hydrogens (tertiary/aromatic N) is 3. The molecule has 0 bridgehead atoms. The number of hydrogen-bond acceptors (Lipinski definition) is 3. The van der Waals surface area contributed by atoms with Gasteiger partial charge in [-0.05, 0) is 37.4 Å². The van der Waals surface area contributed by atoms with E-state index in [0.717, 1.165) is 31.3 Å². The topological polar surface area (TPSA) is 40.1 Å². The third-order valence-electron chi connectivity index (χ3n) is 3.95. The van der Waals surface area contributed by atoms with Crippen molar-refractivity contribution in [2.45, 2.75) is 13.1 Å². The van der Waals surface area contributed by atoms with Crippen LogP contribution in [-0.2, 0) is 13.1 Å². The van der Waals surface area contributed by atoms with Gasteiger partial charge in [0, 0.05) is 27.2 Å². The second-order valence-corrected chi connectivity index (χ2v) is 6.54. The summed E-state index contributed by atoms with van der Waals surface area (Å²) in [5.41, 5.74) is 2.56. The number of rotatable bonds is 8. The lowest BCUT2D eigenvalue weighted by atomic mass is 10.1. The first kappa shape index (κ1) is 23.2. The van der Waals surface area contributed by atoms with E-state index in [-0.39, 0.29) is 24.0 Å². The standard InChI is InChI=1S/C21H30N4O.HI/c1-22-21(25(4)13-14-26-20-11-6-5-7-12-20)23-16-18-9-8-10-19(15-18)17-24(2)3;/h5-12,15H,13-14,16-17H2,1-4H3,(H,22,23);1H. The number of aliphatic imine (C=N–C) groups is 1. The molecule has 2 aromatic carbocycles. The summed E-state index contributed by atoms with van der Waals surface area (Å²) < 4.78 is 5.76. The molecule has 5 nitrogen and oxygen atoms in total. The van der Waals surface area contributed by atoms with E-state index in [1.807, 2.05) is 37.4 Å². The number of benzene rings is 2. The van der Waals surface area contributed by atoms with Crippen molar-refractivity contribution < 1.29 is 4.74 Å². The van der Waals surface area contributed by atoms with Crippen LogP contribution >= 0.6 is 24.0 Å². The van der Waals surface area contributed by atoms with Crippen LogP contribution in [0, 0.1) is 0 Å². The first-order chi connectivity index (χ1) is 12.6. The molecule has 27 heavy (non-hydrogen) atoms. The number of hydrogen-bond donors (Lipinski definition) is 1. The fourth-order valence-corrected chi connectivity index (χ4v) is 2.69. The summed E-state index contributed by atoms with van der Waals surface area (Å²) >= 11 is 0. The number of halogens is 1. The fraction of sp³-hybridized carbons (Fsp3) is 0.381. The minimum atomic E-state index is 0. The lowest BCUT2D eigenvalue weighted by Gasteiger charge is -2.22. The largest absolute Gasteiger partial charge is 0.492 e. The van der Waals surface area contributed by atoms with Crippen molar-refractivity contribution in [3.05, 3.63) is 65.7 Å². The van der Waals surface area contributed by atoms with E-state index in [0.29, 0.717) is 6.61 Å². The third kappa shape index (κ3) is 8.62. The summed E-state index contributed by atoms with van der Waals surface area (Å²) in [6.07, 6.45) is 0. The molecule has 0 atom stereocenters. The van der Waals surface area contributed by atoms with E-state index >= 15 is 0 Å². The Morgan fingerprint density at radius 3 is 2.37 bits per heavy atom. The molecular formula is C21H31IN4O. The first-order valence-corrected chi connectivity index (χ1v) is 8.90. The second kappa shape index (κ2) is 12.6. The molecule has 0 unspecified atom stereocenters. The van der Waals surface area contributed by atoms with E-state index in [1.165, 1.54) is 11.1 Å². The van der Waals surface area contributed by atoms with Gasteiger partial charge in [0.1, 0.15) is 12.4 Å². The molecule has 2 aromatic rings. The van der Waals surface area contributed by atoms with Gasteiger partial charge in [0.15, 0.2) is 5.96 Å². The highest BCUT2D eigenvalue weighted by molar-refractivity contribution is 14.0. The predicted molar refractivity (Wildman–Crippen MR) is 124 cm³/mol. The van der Waals surface area contributed by atoms with Crippen LogP contribution in [0.1, 0.15) is 11.1 Å². The summed E-state index contributed by atoms with van der Waals surface area (Å²) in [7, 11) is 7.99. The maximum Gasteiger partial charge on any atom is 0.193 e. The van der Waals surface area contributed by atoms with Gasteiger partial charge < -0.3 is 19.9 Å². The van der Waals surface area contributed by atoms with E-state index < -0.39 is 0 Å². The van der Waals surface area contributed by atoms with Crippen LogP contribution in [0.25, 0.3) is 0 Å². The molecule has 148 valence electrons. The molecule has 0 aliphatic carbocycles. The van der Waals surface area contributed by atoms with E-state index in [2.05, 4.69) is 58.5 Å². The highest BCUT2D eigenvalue weighted by Gasteiger charge is 2.06. The van der Waals surface area contributed by atoms with Crippen molar-refractivity contribution in [2.75, 3.05) is 41.3 Å². The molecule has 0 heterocycles. The molecular weight excluding hydrogens is 451 g/mol. The van der Waals surface area contributed by atoms with Gasteiger partial charge in [0.05, 0.1) is 6.54 Å². The average Bonchev–Trinajstić information content (AvgIpc) is 2.63. The Labute approximate surface area is 180 Å². The molecule has 0 aliphatic rings. The smallest absolute Gasteiger partial charge is 0.193 e. The molecule has 0 saturated carbocycles. The Balaban J connectivity index is 0.00000364. The Morgan fingerprint density at radius 2 is 1.70 bits per heavy atom. The SMILES string of the molecule is CN=C(NCc1cccc(CN(C)C)c1)N(C)CCOc1ccccc1.I. The summed E-state index contributed by atoms with van der Waals surface area (Å²) in [6, 6.07) is 18.5. The fourth-order valence-electron chi connectivity index (χ4n) is 2.69. The third-order valence-corrected chi connectivity index (χ3v) is 3.95. The number of para-hydroxylation sites is 1. The highest BCUT2D eigenvalue weighted by atomic mass is 127. The number of nitrogens with one attached hydrogen (secondary N) is 1. The molecule has 0 fully saturated rings. The Hall–Kier alpha value is -1.80. The van der Waals surface area contributed by atoms with Crippen LogP contribution in [0.3, 0.4) is 0 Å². The van der Waals surface area contributed by atoms with Crippen LogP contribution in [0.5, 0.6) is 5.75 Å². The maximum absolute atomic E-state index is 5.76. The van der Waals surface area contributed by atoms with Crippen LogP contribution < -0.4 is 10.1 Å². The Morgan fingerprint density at radius 1 is 1.00 bits per heavy atom. The summed E-state index contributed by atoms with van der Waals surface area (Å²) in [5, 5.41) is 3.42. The highest BCUT2D eigenvalue weighted by Crippen LogP contribution is 2.08. The van der Waals surface area contributed by atoms with Crippen LogP contribution in [0.15, 0.2) is 59.6 Å². The molecule has 2 rings (SSSR count).